The van der Waals surface area contributed by atoms with Gasteiger partial charge in [-0.25, -0.2) is 0 Å². The molecule has 1 aliphatic heterocycles. The molecular weight excluding hydrogens is 302 g/mol. The van der Waals surface area contributed by atoms with E-state index in [2.05, 4.69) is 60.9 Å². The van der Waals surface area contributed by atoms with Crippen LogP contribution in [0.3, 0.4) is 0 Å². The van der Waals surface area contributed by atoms with Crippen molar-refractivity contribution in [3.05, 3.63) is 65.7 Å². The minimum atomic E-state index is 1.11. The molecule has 0 N–H and O–H groups in total. The van der Waals surface area contributed by atoms with E-state index < -0.39 is 0 Å². The minimum Gasteiger partial charge on any atom is -0.341 e. The second kappa shape index (κ2) is 8.89. The summed E-state index contributed by atoms with van der Waals surface area (Å²) < 4.78 is 0. The van der Waals surface area contributed by atoms with Crippen LogP contribution in [-0.4, -0.2) is 6.54 Å². The second-order valence-corrected chi connectivity index (χ2v) is 7.14. The molecule has 0 fully saturated rings. The summed E-state index contributed by atoms with van der Waals surface area (Å²) in [6.45, 7) is 7.33. The number of para-hydroxylation sites is 1. The minimum absolute atomic E-state index is 1.11. The standard InChI is InChI=1S/C24H31N/c1-3-5-6-7-8-11-18-25-23-13-10-9-12-21(23)15-16-22-19-20(4-2)14-17-24(22)25/h4,9-10,12-14,17,19H,2-3,5-8,11,15-16,18H2,1H3. The van der Waals surface area contributed by atoms with Gasteiger partial charge in [0.1, 0.15) is 0 Å². The molecule has 3 rings (SSSR count). The third-order valence-corrected chi connectivity index (χ3v) is 5.31. The number of hydrogen-bond donors (Lipinski definition) is 0. The van der Waals surface area contributed by atoms with Crippen molar-refractivity contribution < 1.29 is 0 Å². The number of aryl methyl sites for hydroxylation is 2. The van der Waals surface area contributed by atoms with Gasteiger partial charge in [0.05, 0.1) is 0 Å². The van der Waals surface area contributed by atoms with Crippen LogP contribution >= 0.6 is 0 Å². The molecule has 0 bridgehead atoms. The molecule has 25 heavy (non-hydrogen) atoms. The third-order valence-electron chi connectivity index (χ3n) is 5.31. The summed E-state index contributed by atoms with van der Waals surface area (Å²) in [4.78, 5) is 2.56. The number of fused-ring (bicyclic) bond motifs is 2. The Labute approximate surface area is 153 Å². The number of anilines is 2. The molecule has 0 unspecified atom stereocenters. The van der Waals surface area contributed by atoms with E-state index in [0.717, 1.165) is 19.4 Å². The Morgan fingerprint density at radius 3 is 2.44 bits per heavy atom. The van der Waals surface area contributed by atoms with E-state index in [0.29, 0.717) is 0 Å². The summed E-state index contributed by atoms with van der Waals surface area (Å²) >= 11 is 0. The fourth-order valence-electron chi connectivity index (χ4n) is 3.87. The zero-order valence-corrected chi connectivity index (χ0v) is 15.6. The molecule has 0 aromatic heterocycles. The molecule has 0 atom stereocenters. The first-order valence-electron chi connectivity index (χ1n) is 9.94. The molecule has 2 aromatic rings. The van der Waals surface area contributed by atoms with Crippen molar-refractivity contribution in [2.45, 2.75) is 58.3 Å². The van der Waals surface area contributed by atoms with Gasteiger partial charge < -0.3 is 4.90 Å². The van der Waals surface area contributed by atoms with Crippen LogP contribution in [-0.2, 0) is 12.8 Å². The van der Waals surface area contributed by atoms with E-state index in [1.807, 2.05) is 6.08 Å². The van der Waals surface area contributed by atoms with E-state index >= 15 is 0 Å². The molecule has 0 amide bonds. The molecule has 1 nitrogen and oxygen atoms in total. The average Bonchev–Trinajstić information content (AvgIpc) is 2.81. The lowest BCUT2D eigenvalue weighted by Gasteiger charge is -2.27. The average molecular weight is 334 g/mol. The number of benzene rings is 2. The SMILES string of the molecule is C=Cc1ccc2c(c1)CCc1ccccc1N2CCCCCCCC. The van der Waals surface area contributed by atoms with Gasteiger partial charge in [-0.15, -0.1) is 0 Å². The van der Waals surface area contributed by atoms with Crippen molar-refractivity contribution in [2.24, 2.45) is 0 Å². The highest BCUT2D eigenvalue weighted by Gasteiger charge is 2.20. The first-order valence-corrected chi connectivity index (χ1v) is 9.94. The molecule has 2 aromatic carbocycles. The molecule has 1 heterocycles. The van der Waals surface area contributed by atoms with Crippen molar-refractivity contribution in [1.82, 2.24) is 0 Å². The van der Waals surface area contributed by atoms with Crippen molar-refractivity contribution in [3.63, 3.8) is 0 Å². The van der Waals surface area contributed by atoms with Crippen molar-refractivity contribution >= 4 is 17.5 Å². The van der Waals surface area contributed by atoms with Crippen LogP contribution < -0.4 is 4.90 Å². The van der Waals surface area contributed by atoms with E-state index in [9.17, 15) is 0 Å². The molecule has 1 aliphatic rings. The monoisotopic (exact) mass is 333 g/mol. The fourth-order valence-corrected chi connectivity index (χ4v) is 3.87. The number of nitrogens with zero attached hydrogens (tertiary/aromatic N) is 1. The maximum Gasteiger partial charge on any atom is 0.0443 e. The molecule has 0 spiro atoms. The molecule has 132 valence electrons. The highest BCUT2D eigenvalue weighted by atomic mass is 15.1. The van der Waals surface area contributed by atoms with E-state index in [1.165, 1.54) is 66.6 Å². The lowest BCUT2D eigenvalue weighted by molar-refractivity contribution is 0.609. The van der Waals surface area contributed by atoms with Crippen LogP contribution in [0.25, 0.3) is 6.08 Å². The van der Waals surface area contributed by atoms with Gasteiger partial charge in [0.15, 0.2) is 0 Å². The predicted molar refractivity (Wildman–Crippen MR) is 111 cm³/mol. The lowest BCUT2D eigenvalue weighted by Crippen LogP contribution is -2.19. The van der Waals surface area contributed by atoms with Crippen LogP contribution in [0.5, 0.6) is 0 Å². The number of hydrogen-bond acceptors (Lipinski definition) is 1. The van der Waals surface area contributed by atoms with Crippen molar-refractivity contribution in [3.8, 4) is 0 Å². The van der Waals surface area contributed by atoms with Crippen molar-refractivity contribution in [2.75, 3.05) is 11.4 Å². The zero-order chi connectivity index (χ0) is 17.5. The van der Waals surface area contributed by atoms with Crippen LogP contribution in [0.1, 0.15) is 62.1 Å². The van der Waals surface area contributed by atoms with Crippen LogP contribution in [0.15, 0.2) is 49.0 Å². The number of unbranched alkanes of at least 4 members (excludes halogenated alkanes) is 5. The van der Waals surface area contributed by atoms with Crippen LogP contribution in [0.4, 0.5) is 11.4 Å². The quantitative estimate of drug-likeness (QED) is 0.473. The molecule has 0 saturated heterocycles. The van der Waals surface area contributed by atoms with Gasteiger partial charge in [-0.1, -0.05) is 75.9 Å². The summed E-state index contributed by atoms with van der Waals surface area (Å²) in [6, 6.07) is 15.8. The van der Waals surface area contributed by atoms with Gasteiger partial charge in [-0.3, -0.25) is 0 Å². The largest absolute Gasteiger partial charge is 0.341 e. The number of rotatable bonds is 8. The Balaban J connectivity index is 1.80. The summed E-state index contributed by atoms with van der Waals surface area (Å²) in [5.74, 6) is 0. The Bertz CT molecular complexity index is 701. The Morgan fingerprint density at radius 1 is 0.880 bits per heavy atom. The van der Waals surface area contributed by atoms with Crippen molar-refractivity contribution in [1.29, 1.82) is 0 Å². The summed E-state index contributed by atoms with van der Waals surface area (Å²) in [6.07, 6.45) is 12.2. The second-order valence-electron chi connectivity index (χ2n) is 7.14. The lowest BCUT2D eigenvalue weighted by atomic mass is 10.0. The highest BCUT2D eigenvalue weighted by molar-refractivity contribution is 5.72. The van der Waals surface area contributed by atoms with Gasteiger partial charge in [0.2, 0.25) is 0 Å². The van der Waals surface area contributed by atoms with E-state index in [4.69, 9.17) is 0 Å². The molecule has 0 aliphatic carbocycles. The maximum absolute atomic E-state index is 3.93. The molecule has 0 radical (unpaired) electrons. The first kappa shape index (κ1) is 17.8. The molecule has 0 saturated carbocycles. The predicted octanol–water partition coefficient (Wildman–Crippen LogP) is 6.93. The highest BCUT2D eigenvalue weighted by Crippen LogP contribution is 2.36. The van der Waals surface area contributed by atoms with E-state index in [-0.39, 0.29) is 0 Å². The Kier molecular flexibility index (Phi) is 6.33. The van der Waals surface area contributed by atoms with E-state index in [1.54, 1.807) is 0 Å². The summed E-state index contributed by atoms with van der Waals surface area (Å²) in [7, 11) is 0. The molecule has 1 heteroatoms. The van der Waals surface area contributed by atoms with Gasteiger partial charge in [0, 0.05) is 17.9 Å². The third kappa shape index (κ3) is 4.34. The van der Waals surface area contributed by atoms with Crippen LogP contribution in [0.2, 0.25) is 0 Å². The van der Waals surface area contributed by atoms with Gasteiger partial charge in [-0.05, 0) is 54.2 Å². The van der Waals surface area contributed by atoms with Gasteiger partial charge in [0.25, 0.3) is 0 Å². The zero-order valence-electron chi connectivity index (χ0n) is 15.6. The summed E-state index contributed by atoms with van der Waals surface area (Å²) in [5, 5.41) is 0. The Morgan fingerprint density at radius 2 is 1.60 bits per heavy atom. The van der Waals surface area contributed by atoms with Gasteiger partial charge in [-0.2, -0.15) is 0 Å². The Hall–Kier alpha value is -2.02. The normalized spacial score (nSPS) is 13.1. The summed E-state index contributed by atoms with van der Waals surface area (Å²) in [5.41, 5.74) is 6.96. The van der Waals surface area contributed by atoms with Crippen LogP contribution in [0, 0.1) is 0 Å². The fraction of sp³-hybridized carbons (Fsp3) is 0.417. The first-order chi connectivity index (χ1) is 12.3. The molecular formula is C24H31N. The topological polar surface area (TPSA) is 3.24 Å². The smallest absolute Gasteiger partial charge is 0.0443 e. The van der Waals surface area contributed by atoms with Gasteiger partial charge >= 0.3 is 0 Å². The maximum atomic E-state index is 3.93.